The smallest absolute Gasteiger partial charge is 0.257 e. The molecule has 7 heteroatoms. The van der Waals surface area contributed by atoms with Crippen LogP contribution in [-0.2, 0) is 6.42 Å². The van der Waals surface area contributed by atoms with Crippen LogP contribution in [0.3, 0.4) is 0 Å². The van der Waals surface area contributed by atoms with E-state index < -0.39 is 0 Å². The summed E-state index contributed by atoms with van der Waals surface area (Å²) >= 11 is 6.29. The maximum absolute atomic E-state index is 12.8. The zero-order valence-electron chi connectivity index (χ0n) is 18.6. The Morgan fingerprint density at radius 2 is 1.81 bits per heavy atom. The Morgan fingerprint density at radius 3 is 2.53 bits per heavy atom. The van der Waals surface area contributed by atoms with E-state index in [2.05, 4.69) is 51.6 Å². The molecule has 2 aromatic carbocycles. The number of hydrogen-bond acceptors (Lipinski definition) is 5. The number of piperazine rings is 1. The number of benzene rings is 2. The van der Waals surface area contributed by atoms with Crippen LogP contribution in [0.1, 0.15) is 28.1 Å². The molecule has 1 saturated heterocycles. The van der Waals surface area contributed by atoms with Crippen LogP contribution in [0, 0.1) is 6.92 Å². The molecule has 1 fully saturated rings. The second-order valence-corrected chi connectivity index (χ2v) is 8.67. The first kappa shape index (κ1) is 22.4. The fourth-order valence-corrected chi connectivity index (χ4v) is 4.22. The van der Waals surface area contributed by atoms with Crippen LogP contribution in [0.4, 0.5) is 5.69 Å². The predicted molar refractivity (Wildman–Crippen MR) is 128 cm³/mol. The van der Waals surface area contributed by atoms with Crippen LogP contribution in [0.2, 0.25) is 5.02 Å². The number of likely N-dealkylation sites (N-methyl/N-ethyl adjacent to an activating group) is 1. The van der Waals surface area contributed by atoms with E-state index in [0.717, 1.165) is 39.0 Å². The van der Waals surface area contributed by atoms with Gasteiger partial charge in [-0.25, -0.2) is 0 Å². The molecule has 1 aliphatic rings. The first-order chi connectivity index (χ1) is 15.5. The number of aromatic nitrogens is 1. The van der Waals surface area contributed by atoms with Crippen LogP contribution in [0.25, 0.3) is 11.3 Å². The van der Waals surface area contributed by atoms with Crippen molar-refractivity contribution >= 4 is 23.2 Å². The number of hydrogen-bond donors (Lipinski definition) is 1. The van der Waals surface area contributed by atoms with Crippen molar-refractivity contribution in [1.82, 2.24) is 15.4 Å². The summed E-state index contributed by atoms with van der Waals surface area (Å²) in [6.45, 7) is 6.66. The van der Waals surface area contributed by atoms with Gasteiger partial charge in [0.25, 0.3) is 5.91 Å². The quantitative estimate of drug-likeness (QED) is 0.538. The molecule has 0 bridgehead atoms. The molecule has 0 saturated carbocycles. The Labute approximate surface area is 194 Å². The minimum atomic E-state index is -0.191. The lowest BCUT2D eigenvalue weighted by Crippen LogP contribution is -2.44. The lowest BCUT2D eigenvalue weighted by molar-refractivity contribution is 0.0952. The molecule has 1 N–H and O–H groups in total. The van der Waals surface area contributed by atoms with Gasteiger partial charge in [-0.2, -0.15) is 0 Å². The molecule has 0 atom stereocenters. The Morgan fingerprint density at radius 1 is 1.09 bits per heavy atom. The number of carbonyl (C=O) groups excluding carboxylic acids is 1. The third-order valence-corrected chi connectivity index (χ3v) is 6.28. The summed E-state index contributed by atoms with van der Waals surface area (Å²) in [5, 5.41) is 7.60. The maximum Gasteiger partial charge on any atom is 0.257 e. The van der Waals surface area contributed by atoms with Gasteiger partial charge in [-0.1, -0.05) is 47.1 Å². The summed E-state index contributed by atoms with van der Waals surface area (Å²) in [5.74, 6) is 0.293. The van der Waals surface area contributed by atoms with Crippen LogP contribution in [-0.4, -0.2) is 55.7 Å². The fraction of sp³-hybridized carbons (Fsp3) is 0.360. The number of nitrogens with zero attached hydrogens (tertiary/aromatic N) is 3. The van der Waals surface area contributed by atoms with E-state index in [9.17, 15) is 4.79 Å². The van der Waals surface area contributed by atoms with Gasteiger partial charge in [0.1, 0.15) is 17.0 Å². The van der Waals surface area contributed by atoms with Crippen molar-refractivity contribution in [3.05, 3.63) is 70.4 Å². The highest BCUT2D eigenvalue weighted by atomic mass is 35.5. The topological polar surface area (TPSA) is 61.6 Å². The average molecular weight is 453 g/mol. The molecular weight excluding hydrogens is 424 g/mol. The fourth-order valence-electron chi connectivity index (χ4n) is 4.00. The molecule has 0 spiro atoms. The van der Waals surface area contributed by atoms with Gasteiger partial charge < -0.3 is 19.6 Å². The third-order valence-electron chi connectivity index (χ3n) is 5.95. The summed E-state index contributed by atoms with van der Waals surface area (Å²) in [6.07, 6.45) is 1.76. The normalized spacial score (nSPS) is 14.5. The van der Waals surface area contributed by atoms with Gasteiger partial charge in [0.2, 0.25) is 0 Å². The lowest BCUT2D eigenvalue weighted by atomic mass is 10.1. The van der Waals surface area contributed by atoms with Gasteiger partial charge in [-0.15, -0.1) is 0 Å². The van der Waals surface area contributed by atoms with E-state index in [-0.39, 0.29) is 5.91 Å². The summed E-state index contributed by atoms with van der Waals surface area (Å²) in [6, 6.07) is 16.1. The highest BCUT2D eigenvalue weighted by molar-refractivity contribution is 6.33. The summed E-state index contributed by atoms with van der Waals surface area (Å²) < 4.78 is 5.29. The SMILES string of the molecule is Cc1onc(-c2ccccc2Cl)c1C(=O)NCCCc1ccc(N2CCN(C)CC2)cc1. The van der Waals surface area contributed by atoms with E-state index in [0.29, 0.717) is 34.1 Å². The molecule has 0 aliphatic carbocycles. The molecule has 1 aliphatic heterocycles. The van der Waals surface area contributed by atoms with Crippen LogP contribution in [0.15, 0.2) is 53.1 Å². The van der Waals surface area contributed by atoms with Gasteiger partial charge >= 0.3 is 0 Å². The van der Waals surface area contributed by atoms with E-state index in [1.165, 1.54) is 11.3 Å². The van der Waals surface area contributed by atoms with Crippen molar-refractivity contribution in [2.75, 3.05) is 44.7 Å². The van der Waals surface area contributed by atoms with E-state index in [4.69, 9.17) is 16.1 Å². The summed E-state index contributed by atoms with van der Waals surface area (Å²) in [4.78, 5) is 17.6. The number of nitrogens with one attached hydrogen (secondary N) is 1. The molecule has 1 aromatic heterocycles. The standard InChI is InChI=1S/C25H29ClN4O2/c1-18-23(24(28-32-18)21-7-3-4-8-22(21)26)25(31)27-13-5-6-19-9-11-20(12-10-19)30-16-14-29(2)15-17-30/h3-4,7-12H,5-6,13-17H2,1-2H3,(H,27,31). The minimum Gasteiger partial charge on any atom is -0.369 e. The molecule has 2 heterocycles. The average Bonchev–Trinajstić information content (AvgIpc) is 3.19. The van der Waals surface area contributed by atoms with Gasteiger partial charge in [-0.05, 0) is 50.6 Å². The van der Waals surface area contributed by atoms with Crippen molar-refractivity contribution in [2.24, 2.45) is 0 Å². The van der Waals surface area contributed by atoms with Gasteiger partial charge in [0, 0.05) is 44.0 Å². The summed E-state index contributed by atoms with van der Waals surface area (Å²) in [5.41, 5.74) is 4.16. The molecule has 168 valence electrons. The molecule has 6 nitrogen and oxygen atoms in total. The van der Waals surface area contributed by atoms with Crippen molar-refractivity contribution in [2.45, 2.75) is 19.8 Å². The van der Waals surface area contributed by atoms with Crippen molar-refractivity contribution in [1.29, 1.82) is 0 Å². The Bertz CT molecular complexity index is 1060. The van der Waals surface area contributed by atoms with Gasteiger partial charge in [0.05, 0.1) is 5.02 Å². The molecule has 4 rings (SSSR count). The predicted octanol–water partition coefficient (Wildman–Crippen LogP) is 4.42. The van der Waals surface area contributed by atoms with Gasteiger partial charge in [0.15, 0.2) is 0 Å². The maximum atomic E-state index is 12.8. The van der Waals surface area contributed by atoms with Crippen molar-refractivity contribution in [3.8, 4) is 11.3 Å². The minimum absolute atomic E-state index is 0.191. The summed E-state index contributed by atoms with van der Waals surface area (Å²) in [7, 11) is 2.17. The highest BCUT2D eigenvalue weighted by Gasteiger charge is 2.22. The Hall–Kier alpha value is -2.83. The molecule has 3 aromatic rings. The Kier molecular flexibility index (Phi) is 7.12. The third kappa shape index (κ3) is 5.14. The van der Waals surface area contributed by atoms with E-state index in [1.54, 1.807) is 13.0 Å². The first-order valence-corrected chi connectivity index (χ1v) is 11.4. The lowest BCUT2D eigenvalue weighted by Gasteiger charge is -2.34. The molecule has 0 unspecified atom stereocenters. The Balaban J connectivity index is 1.30. The highest BCUT2D eigenvalue weighted by Crippen LogP contribution is 2.30. The second kappa shape index (κ2) is 10.2. The first-order valence-electron chi connectivity index (χ1n) is 11.0. The van der Waals surface area contributed by atoms with E-state index >= 15 is 0 Å². The van der Waals surface area contributed by atoms with Crippen LogP contribution >= 0.6 is 11.6 Å². The number of amides is 1. The number of rotatable bonds is 7. The number of anilines is 1. The number of aryl methyl sites for hydroxylation is 2. The van der Waals surface area contributed by atoms with Crippen LogP contribution < -0.4 is 10.2 Å². The van der Waals surface area contributed by atoms with Crippen LogP contribution in [0.5, 0.6) is 0 Å². The largest absolute Gasteiger partial charge is 0.369 e. The molecular formula is C25H29ClN4O2. The number of carbonyl (C=O) groups is 1. The molecule has 32 heavy (non-hydrogen) atoms. The van der Waals surface area contributed by atoms with Crippen molar-refractivity contribution < 1.29 is 9.32 Å². The second-order valence-electron chi connectivity index (χ2n) is 8.26. The number of halogens is 1. The van der Waals surface area contributed by atoms with Gasteiger partial charge in [-0.3, -0.25) is 4.79 Å². The monoisotopic (exact) mass is 452 g/mol. The van der Waals surface area contributed by atoms with E-state index in [1.807, 2.05) is 18.2 Å². The van der Waals surface area contributed by atoms with Crippen molar-refractivity contribution in [3.63, 3.8) is 0 Å². The zero-order valence-corrected chi connectivity index (χ0v) is 19.4. The molecule has 0 radical (unpaired) electrons. The molecule has 1 amide bonds. The zero-order chi connectivity index (χ0) is 22.5.